The lowest BCUT2D eigenvalue weighted by Crippen LogP contribution is -2.41. The number of nitrogens with zero attached hydrogens (tertiary/aromatic N) is 1. The average Bonchev–Trinajstić information content (AvgIpc) is 2.67. The van der Waals surface area contributed by atoms with Crippen molar-refractivity contribution in [3.05, 3.63) is 104 Å². The van der Waals surface area contributed by atoms with Crippen LogP contribution in [0.3, 0.4) is 0 Å². The van der Waals surface area contributed by atoms with Crippen molar-refractivity contribution in [1.82, 2.24) is 14.9 Å². The molecule has 27 heavy (non-hydrogen) atoms. The summed E-state index contributed by atoms with van der Waals surface area (Å²) >= 11 is 0. The van der Waals surface area contributed by atoms with E-state index in [0.717, 1.165) is 16.3 Å². The molecule has 2 N–H and O–H groups in total. The third-order valence-corrected chi connectivity index (χ3v) is 4.24. The van der Waals surface area contributed by atoms with Gasteiger partial charge in [0.05, 0.1) is 12.6 Å². The largest absolute Gasteiger partial charge is 0.345 e. The summed E-state index contributed by atoms with van der Waals surface area (Å²) in [5.41, 5.74) is -0.647. The number of carbonyl (C=O) groups excluding carboxylic acids is 1. The van der Waals surface area contributed by atoms with Crippen molar-refractivity contribution in [2.45, 2.75) is 19.5 Å². The van der Waals surface area contributed by atoms with Gasteiger partial charge in [-0.1, -0.05) is 48.5 Å². The number of rotatable bonds is 5. The number of H-pyrrole nitrogens is 1. The van der Waals surface area contributed by atoms with Crippen LogP contribution in [0.2, 0.25) is 0 Å². The molecule has 3 rings (SSSR count). The van der Waals surface area contributed by atoms with E-state index >= 15 is 0 Å². The lowest BCUT2D eigenvalue weighted by Gasteiger charge is -2.14. The smallest absolute Gasteiger partial charge is 0.328 e. The van der Waals surface area contributed by atoms with Gasteiger partial charge in [-0.3, -0.25) is 14.2 Å². The number of hydrogen-bond donors (Lipinski definition) is 2. The number of hydrogen-bond acceptors (Lipinski definition) is 3. The van der Waals surface area contributed by atoms with Crippen LogP contribution in [-0.2, 0) is 6.54 Å². The van der Waals surface area contributed by atoms with E-state index in [9.17, 15) is 18.8 Å². The molecule has 138 valence electrons. The first-order valence-electron chi connectivity index (χ1n) is 8.39. The van der Waals surface area contributed by atoms with Crippen molar-refractivity contribution in [2.24, 2.45) is 0 Å². The quantitative estimate of drug-likeness (QED) is 0.725. The molecule has 1 atom stereocenters. The highest BCUT2D eigenvalue weighted by molar-refractivity contribution is 5.93. The fourth-order valence-electron chi connectivity index (χ4n) is 2.71. The number of carbonyl (C=O) groups is 1. The van der Waals surface area contributed by atoms with Crippen molar-refractivity contribution in [2.75, 3.05) is 0 Å². The van der Waals surface area contributed by atoms with Crippen LogP contribution in [0.5, 0.6) is 0 Å². The van der Waals surface area contributed by atoms with E-state index in [1.165, 1.54) is 18.2 Å². The maximum Gasteiger partial charge on any atom is 0.328 e. The fourth-order valence-corrected chi connectivity index (χ4v) is 2.71. The Kier molecular flexibility index (Phi) is 5.30. The second kappa shape index (κ2) is 7.82. The Morgan fingerprint density at radius 1 is 1.11 bits per heavy atom. The highest BCUT2D eigenvalue weighted by Gasteiger charge is 2.18. The third kappa shape index (κ3) is 4.03. The molecule has 6 nitrogen and oxygen atoms in total. The fraction of sp³-hybridized carbons (Fsp3) is 0.150. The Morgan fingerprint density at radius 3 is 2.48 bits per heavy atom. The Labute approximate surface area is 154 Å². The van der Waals surface area contributed by atoms with Crippen molar-refractivity contribution < 1.29 is 9.18 Å². The predicted octanol–water partition coefficient (Wildman–Crippen LogP) is 2.21. The lowest BCUT2D eigenvalue weighted by atomic mass is 10.1. The van der Waals surface area contributed by atoms with Crippen LogP contribution in [0, 0.1) is 5.82 Å². The minimum absolute atomic E-state index is 0.181. The van der Waals surface area contributed by atoms with Crippen LogP contribution in [0.1, 0.15) is 34.5 Å². The summed E-state index contributed by atoms with van der Waals surface area (Å²) in [6.07, 6.45) is 1.08. The highest BCUT2D eigenvalue weighted by atomic mass is 19.1. The number of nitrogens with one attached hydrogen (secondary N) is 2. The maximum atomic E-state index is 13.9. The molecule has 0 spiro atoms. The molecule has 0 saturated carbocycles. The van der Waals surface area contributed by atoms with Crippen molar-refractivity contribution in [1.29, 1.82) is 0 Å². The number of amides is 1. The standard InChI is InChI=1S/C20H18FN3O3/c1-13(14-7-3-2-4-8-14)23-18(25)16-11-22-20(27)24(19(16)26)12-15-9-5-6-10-17(15)21/h2-11,13H,12H2,1H3,(H,22,27)(H,23,25). The molecular weight excluding hydrogens is 349 g/mol. The topological polar surface area (TPSA) is 84.0 Å². The Bertz CT molecular complexity index is 1070. The van der Waals surface area contributed by atoms with E-state index in [0.29, 0.717) is 0 Å². The van der Waals surface area contributed by atoms with Gasteiger partial charge >= 0.3 is 5.69 Å². The number of benzene rings is 2. The highest BCUT2D eigenvalue weighted by Crippen LogP contribution is 2.11. The molecule has 0 fully saturated rings. The van der Waals surface area contributed by atoms with Gasteiger partial charge < -0.3 is 10.3 Å². The molecule has 0 radical (unpaired) electrons. The first kappa shape index (κ1) is 18.3. The molecule has 0 saturated heterocycles. The van der Waals surface area contributed by atoms with Crippen LogP contribution in [-0.4, -0.2) is 15.5 Å². The van der Waals surface area contributed by atoms with Crippen LogP contribution in [0.15, 0.2) is 70.4 Å². The van der Waals surface area contributed by atoms with Gasteiger partial charge in [-0.15, -0.1) is 0 Å². The molecule has 1 heterocycles. The van der Waals surface area contributed by atoms with E-state index < -0.39 is 23.0 Å². The Balaban J connectivity index is 1.89. The zero-order valence-electron chi connectivity index (χ0n) is 14.6. The van der Waals surface area contributed by atoms with Crippen molar-refractivity contribution in [3.63, 3.8) is 0 Å². The van der Waals surface area contributed by atoms with E-state index in [2.05, 4.69) is 10.3 Å². The minimum atomic E-state index is -0.778. The van der Waals surface area contributed by atoms with Gasteiger partial charge in [-0.2, -0.15) is 0 Å². The van der Waals surface area contributed by atoms with Gasteiger partial charge in [0.25, 0.3) is 11.5 Å². The summed E-state index contributed by atoms with van der Waals surface area (Å²) in [5, 5.41) is 2.73. The van der Waals surface area contributed by atoms with E-state index in [4.69, 9.17) is 0 Å². The Morgan fingerprint density at radius 2 is 1.78 bits per heavy atom. The lowest BCUT2D eigenvalue weighted by molar-refractivity contribution is 0.0937. The molecule has 1 unspecified atom stereocenters. The van der Waals surface area contributed by atoms with Crippen LogP contribution in [0.25, 0.3) is 0 Å². The van der Waals surface area contributed by atoms with Gasteiger partial charge in [0.2, 0.25) is 0 Å². The monoisotopic (exact) mass is 367 g/mol. The van der Waals surface area contributed by atoms with Gasteiger partial charge in [0, 0.05) is 11.8 Å². The molecule has 1 aromatic heterocycles. The van der Waals surface area contributed by atoms with Gasteiger partial charge in [0.1, 0.15) is 11.4 Å². The predicted molar refractivity (Wildman–Crippen MR) is 99.1 cm³/mol. The number of halogens is 1. The minimum Gasteiger partial charge on any atom is -0.345 e. The second-order valence-electron chi connectivity index (χ2n) is 6.10. The summed E-state index contributed by atoms with van der Waals surface area (Å²) in [6, 6.07) is 14.8. The SMILES string of the molecule is CC(NC(=O)c1c[nH]c(=O)n(Cc2ccccc2F)c1=O)c1ccccc1. The first-order chi connectivity index (χ1) is 13.0. The zero-order valence-corrected chi connectivity index (χ0v) is 14.6. The van der Waals surface area contributed by atoms with Crippen LogP contribution < -0.4 is 16.6 Å². The van der Waals surface area contributed by atoms with E-state index in [1.807, 2.05) is 30.3 Å². The molecule has 0 bridgehead atoms. The molecule has 0 aliphatic rings. The third-order valence-electron chi connectivity index (χ3n) is 4.24. The van der Waals surface area contributed by atoms with Crippen molar-refractivity contribution in [3.8, 4) is 0 Å². The molecule has 7 heteroatoms. The molecule has 1 amide bonds. The second-order valence-corrected chi connectivity index (χ2v) is 6.10. The zero-order chi connectivity index (χ0) is 19.4. The molecule has 3 aromatic rings. The molecule has 0 aliphatic carbocycles. The van der Waals surface area contributed by atoms with Crippen LogP contribution >= 0.6 is 0 Å². The van der Waals surface area contributed by atoms with Gasteiger partial charge in [-0.05, 0) is 18.6 Å². The van der Waals surface area contributed by atoms with E-state index in [-0.39, 0.29) is 23.7 Å². The Hall–Kier alpha value is -3.48. The summed E-state index contributed by atoms with van der Waals surface area (Å²) in [4.78, 5) is 39.5. The van der Waals surface area contributed by atoms with Crippen LogP contribution in [0.4, 0.5) is 4.39 Å². The molecule has 0 aliphatic heterocycles. The van der Waals surface area contributed by atoms with Crippen molar-refractivity contribution >= 4 is 5.91 Å². The van der Waals surface area contributed by atoms with Gasteiger partial charge in [-0.25, -0.2) is 9.18 Å². The maximum absolute atomic E-state index is 13.9. The average molecular weight is 367 g/mol. The molecule has 2 aromatic carbocycles. The first-order valence-corrected chi connectivity index (χ1v) is 8.39. The summed E-state index contributed by atoms with van der Waals surface area (Å²) in [7, 11) is 0. The summed E-state index contributed by atoms with van der Waals surface area (Å²) in [6.45, 7) is 1.52. The van der Waals surface area contributed by atoms with E-state index in [1.54, 1.807) is 13.0 Å². The van der Waals surface area contributed by atoms with Gasteiger partial charge in [0.15, 0.2) is 0 Å². The normalized spacial score (nSPS) is 11.8. The number of aromatic amines is 1. The summed E-state index contributed by atoms with van der Waals surface area (Å²) in [5.74, 6) is -1.15. The molecular formula is C20H18FN3O3. The number of aromatic nitrogens is 2. The summed E-state index contributed by atoms with van der Waals surface area (Å²) < 4.78 is 14.7.